The molecule has 0 aromatic carbocycles. The molecule has 0 saturated carbocycles. The van der Waals surface area contributed by atoms with Crippen LogP contribution >= 0.6 is 0 Å². The summed E-state index contributed by atoms with van der Waals surface area (Å²) in [4.78, 5) is 11.1. The topological polar surface area (TPSA) is 26.3 Å². The third-order valence-electron chi connectivity index (χ3n) is 2.30. The monoisotopic (exact) mass is 212 g/mol. The zero-order chi connectivity index (χ0) is 11.7. The smallest absolute Gasteiger partial charge is 0.309 e. The van der Waals surface area contributed by atoms with E-state index in [-0.39, 0.29) is 5.97 Å². The predicted molar refractivity (Wildman–Crippen MR) is 63.6 cm³/mol. The maximum atomic E-state index is 11.1. The van der Waals surface area contributed by atoms with Crippen LogP contribution in [-0.4, -0.2) is 12.6 Å². The molecule has 0 aromatic rings. The van der Waals surface area contributed by atoms with Crippen molar-refractivity contribution in [3.8, 4) is 0 Å². The van der Waals surface area contributed by atoms with Crippen LogP contribution in [0, 0.1) is 11.8 Å². The molecule has 0 spiro atoms. The van der Waals surface area contributed by atoms with Crippen LogP contribution in [0.5, 0.6) is 0 Å². The molecule has 0 N–H and O–H groups in total. The van der Waals surface area contributed by atoms with E-state index in [9.17, 15) is 4.79 Å². The minimum Gasteiger partial charge on any atom is -0.466 e. The number of carbonyl (C=O) groups is 1. The van der Waals surface area contributed by atoms with Gasteiger partial charge in [-0.25, -0.2) is 0 Å². The fraction of sp³-hybridized carbons (Fsp3) is 0.769. The van der Waals surface area contributed by atoms with Crippen molar-refractivity contribution in [2.24, 2.45) is 11.8 Å². The van der Waals surface area contributed by atoms with Gasteiger partial charge in [0.2, 0.25) is 0 Å². The van der Waals surface area contributed by atoms with E-state index in [0.717, 1.165) is 6.42 Å². The second-order valence-corrected chi connectivity index (χ2v) is 4.24. The maximum absolute atomic E-state index is 11.1. The van der Waals surface area contributed by atoms with Gasteiger partial charge < -0.3 is 4.74 Å². The van der Waals surface area contributed by atoms with Gasteiger partial charge in [-0.3, -0.25) is 4.79 Å². The van der Waals surface area contributed by atoms with Crippen LogP contribution in [0.15, 0.2) is 12.2 Å². The largest absolute Gasteiger partial charge is 0.466 e. The standard InChI is InChI=1S/C13H24O2/c1-5-12(10-11(3)4)8-7-9-13(14)15-6-2/h7-8,11-12H,5-6,9-10H2,1-4H3/b8-7+/t12-/m1/s1. The Balaban J connectivity index is 3.85. The summed E-state index contributed by atoms with van der Waals surface area (Å²) in [6.07, 6.45) is 6.82. The average Bonchev–Trinajstić information content (AvgIpc) is 2.16. The number of ether oxygens (including phenoxy) is 1. The molecule has 88 valence electrons. The molecule has 0 aliphatic rings. The minimum atomic E-state index is -0.131. The van der Waals surface area contributed by atoms with Crippen molar-refractivity contribution in [2.45, 2.75) is 47.0 Å². The Hall–Kier alpha value is -0.790. The first-order valence-electron chi connectivity index (χ1n) is 5.92. The Morgan fingerprint density at radius 2 is 2.00 bits per heavy atom. The molecular formula is C13H24O2. The van der Waals surface area contributed by atoms with E-state index in [1.807, 2.05) is 13.0 Å². The predicted octanol–water partition coefficient (Wildman–Crippen LogP) is 3.57. The molecule has 1 atom stereocenters. The summed E-state index contributed by atoms with van der Waals surface area (Å²) < 4.78 is 4.85. The molecule has 0 unspecified atom stereocenters. The molecule has 0 heterocycles. The molecule has 0 rings (SSSR count). The summed E-state index contributed by atoms with van der Waals surface area (Å²) in [6.45, 7) is 8.93. The SMILES string of the molecule is CCOC(=O)C/C=C/[C@@H](CC)CC(C)C. The number of hydrogen-bond donors (Lipinski definition) is 0. The molecule has 0 amide bonds. The second-order valence-electron chi connectivity index (χ2n) is 4.24. The first kappa shape index (κ1) is 14.2. The Morgan fingerprint density at radius 3 is 2.47 bits per heavy atom. The van der Waals surface area contributed by atoms with Gasteiger partial charge >= 0.3 is 5.97 Å². The van der Waals surface area contributed by atoms with Crippen LogP contribution in [0.2, 0.25) is 0 Å². The summed E-state index contributed by atoms with van der Waals surface area (Å²) >= 11 is 0. The fourth-order valence-corrected chi connectivity index (χ4v) is 1.56. The van der Waals surface area contributed by atoms with Crippen LogP contribution in [0.4, 0.5) is 0 Å². The number of rotatable bonds is 7. The Bertz CT molecular complexity index is 195. The normalized spacial score (nSPS) is 13.4. The summed E-state index contributed by atoms with van der Waals surface area (Å²) in [6, 6.07) is 0. The zero-order valence-electron chi connectivity index (χ0n) is 10.5. The number of allylic oxidation sites excluding steroid dienone is 1. The fourth-order valence-electron chi connectivity index (χ4n) is 1.56. The molecule has 0 bridgehead atoms. The first-order chi connectivity index (χ1) is 7.10. The number of esters is 1. The van der Waals surface area contributed by atoms with E-state index >= 15 is 0 Å². The number of hydrogen-bond acceptors (Lipinski definition) is 2. The van der Waals surface area contributed by atoms with Crippen molar-refractivity contribution in [1.29, 1.82) is 0 Å². The molecule has 0 saturated heterocycles. The van der Waals surface area contributed by atoms with Crippen LogP contribution in [0.3, 0.4) is 0 Å². The van der Waals surface area contributed by atoms with Crippen molar-refractivity contribution in [3.05, 3.63) is 12.2 Å². The van der Waals surface area contributed by atoms with Gasteiger partial charge in [0, 0.05) is 0 Å². The van der Waals surface area contributed by atoms with Crippen LogP contribution < -0.4 is 0 Å². The Morgan fingerprint density at radius 1 is 1.33 bits per heavy atom. The highest BCUT2D eigenvalue weighted by atomic mass is 16.5. The van der Waals surface area contributed by atoms with Gasteiger partial charge in [-0.15, -0.1) is 0 Å². The molecule has 2 nitrogen and oxygen atoms in total. The van der Waals surface area contributed by atoms with E-state index in [4.69, 9.17) is 4.74 Å². The molecular weight excluding hydrogens is 188 g/mol. The lowest BCUT2D eigenvalue weighted by atomic mass is 9.94. The van der Waals surface area contributed by atoms with E-state index < -0.39 is 0 Å². The quantitative estimate of drug-likeness (QED) is 0.476. The van der Waals surface area contributed by atoms with Gasteiger partial charge in [0.25, 0.3) is 0 Å². The molecule has 0 radical (unpaired) electrons. The Labute approximate surface area is 93.7 Å². The van der Waals surface area contributed by atoms with Crippen molar-refractivity contribution in [3.63, 3.8) is 0 Å². The zero-order valence-corrected chi connectivity index (χ0v) is 10.5. The second kappa shape index (κ2) is 8.51. The lowest BCUT2D eigenvalue weighted by Gasteiger charge is -2.12. The summed E-state index contributed by atoms with van der Waals surface area (Å²) in [5.74, 6) is 1.18. The van der Waals surface area contributed by atoms with Crippen LogP contribution in [0.1, 0.15) is 47.0 Å². The number of carbonyl (C=O) groups excluding carboxylic acids is 1. The van der Waals surface area contributed by atoms with E-state index in [2.05, 4.69) is 26.8 Å². The molecule has 2 heteroatoms. The van der Waals surface area contributed by atoms with Crippen LogP contribution in [0.25, 0.3) is 0 Å². The van der Waals surface area contributed by atoms with Gasteiger partial charge in [0.05, 0.1) is 13.0 Å². The van der Waals surface area contributed by atoms with Gasteiger partial charge in [0.1, 0.15) is 0 Å². The van der Waals surface area contributed by atoms with Crippen LogP contribution in [-0.2, 0) is 9.53 Å². The molecule has 15 heavy (non-hydrogen) atoms. The van der Waals surface area contributed by atoms with E-state index in [1.54, 1.807) is 0 Å². The first-order valence-corrected chi connectivity index (χ1v) is 5.92. The van der Waals surface area contributed by atoms with E-state index in [1.165, 1.54) is 6.42 Å². The van der Waals surface area contributed by atoms with Crippen molar-refractivity contribution >= 4 is 5.97 Å². The van der Waals surface area contributed by atoms with Gasteiger partial charge in [-0.2, -0.15) is 0 Å². The highest BCUT2D eigenvalue weighted by Gasteiger charge is 2.05. The van der Waals surface area contributed by atoms with Gasteiger partial charge in [0.15, 0.2) is 0 Å². The summed E-state index contributed by atoms with van der Waals surface area (Å²) in [7, 11) is 0. The van der Waals surface area contributed by atoms with Crippen molar-refractivity contribution in [2.75, 3.05) is 6.61 Å². The van der Waals surface area contributed by atoms with Crippen molar-refractivity contribution in [1.82, 2.24) is 0 Å². The maximum Gasteiger partial charge on any atom is 0.309 e. The third kappa shape index (κ3) is 8.22. The lowest BCUT2D eigenvalue weighted by Crippen LogP contribution is -2.03. The molecule has 0 fully saturated rings. The third-order valence-corrected chi connectivity index (χ3v) is 2.30. The lowest BCUT2D eigenvalue weighted by molar-refractivity contribution is -0.142. The highest BCUT2D eigenvalue weighted by Crippen LogP contribution is 2.16. The summed E-state index contributed by atoms with van der Waals surface area (Å²) in [5, 5.41) is 0. The summed E-state index contributed by atoms with van der Waals surface area (Å²) in [5.41, 5.74) is 0. The average molecular weight is 212 g/mol. The Kier molecular flexibility index (Phi) is 8.06. The molecule has 0 aliphatic carbocycles. The minimum absolute atomic E-state index is 0.131. The molecule has 0 aromatic heterocycles. The molecule has 0 aliphatic heterocycles. The van der Waals surface area contributed by atoms with Crippen molar-refractivity contribution < 1.29 is 9.53 Å². The van der Waals surface area contributed by atoms with Gasteiger partial charge in [-0.1, -0.05) is 32.9 Å². The van der Waals surface area contributed by atoms with Gasteiger partial charge in [-0.05, 0) is 31.6 Å². The van der Waals surface area contributed by atoms with E-state index in [0.29, 0.717) is 24.9 Å². The highest BCUT2D eigenvalue weighted by molar-refractivity contribution is 5.71.